The molecule has 0 fully saturated rings. The minimum Gasteiger partial charge on any atom is -0.326 e. The summed E-state index contributed by atoms with van der Waals surface area (Å²) in [5.41, 5.74) is 4.90. The lowest BCUT2D eigenvalue weighted by Gasteiger charge is -2.13. The van der Waals surface area contributed by atoms with Gasteiger partial charge in [-0.2, -0.15) is 5.10 Å². The fourth-order valence-electron chi connectivity index (χ4n) is 2.40. The number of amides is 1. The summed E-state index contributed by atoms with van der Waals surface area (Å²) in [6, 6.07) is 7.96. The van der Waals surface area contributed by atoms with Crippen LogP contribution in [0.25, 0.3) is 0 Å². The maximum Gasteiger partial charge on any atom is 0.231 e. The maximum atomic E-state index is 12.3. The molecule has 4 heteroatoms. The fourth-order valence-corrected chi connectivity index (χ4v) is 2.40. The van der Waals surface area contributed by atoms with Crippen molar-refractivity contribution in [2.75, 3.05) is 5.32 Å². The zero-order valence-corrected chi connectivity index (χ0v) is 12.4. The number of H-pyrrole nitrogens is 1. The number of carbonyl (C=O) groups excluding carboxylic acids is 1. The molecule has 0 bridgehead atoms. The highest BCUT2D eigenvalue weighted by molar-refractivity contribution is 5.95. The van der Waals surface area contributed by atoms with E-state index in [1.54, 1.807) is 0 Å². The Morgan fingerprint density at radius 3 is 2.45 bits per heavy atom. The zero-order valence-electron chi connectivity index (χ0n) is 12.4. The van der Waals surface area contributed by atoms with Crippen molar-refractivity contribution in [3.8, 4) is 0 Å². The smallest absolute Gasteiger partial charge is 0.231 e. The van der Waals surface area contributed by atoms with Crippen molar-refractivity contribution in [3.05, 3.63) is 46.8 Å². The number of carbonyl (C=O) groups is 1. The average Bonchev–Trinajstić information content (AvgIpc) is 2.78. The molecule has 0 spiro atoms. The first kappa shape index (κ1) is 14.3. The standard InChI is InChI=1S/C16H21N3O/c1-5-13-6-8-14(9-7-13)17-16(20)10(2)15-11(3)18-19-12(15)4/h6-10H,5H2,1-4H3,(H,17,20)(H,18,19)/t10-/m0/s1. The SMILES string of the molecule is CCc1ccc(NC(=O)[C@@H](C)c2c(C)n[nH]c2C)cc1. The monoisotopic (exact) mass is 271 g/mol. The van der Waals surface area contributed by atoms with Crippen molar-refractivity contribution < 1.29 is 4.79 Å². The van der Waals surface area contributed by atoms with Crippen LogP contribution in [0, 0.1) is 13.8 Å². The van der Waals surface area contributed by atoms with E-state index in [0.29, 0.717) is 0 Å². The quantitative estimate of drug-likeness (QED) is 0.896. The van der Waals surface area contributed by atoms with E-state index in [0.717, 1.165) is 29.1 Å². The number of hydrogen-bond donors (Lipinski definition) is 2. The first-order valence-electron chi connectivity index (χ1n) is 6.94. The highest BCUT2D eigenvalue weighted by Gasteiger charge is 2.21. The van der Waals surface area contributed by atoms with Crippen molar-refractivity contribution in [3.63, 3.8) is 0 Å². The highest BCUT2D eigenvalue weighted by atomic mass is 16.1. The number of aromatic amines is 1. The molecule has 1 aromatic carbocycles. The largest absolute Gasteiger partial charge is 0.326 e. The normalized spacial score (nSPS) is 12.2. The van der Waals surface area contributed by atoms with E-state index >= 15 is 0 Å². The average molecular weight is 271 g/mol. The summed E-state index contributed by atoms with van der Waals surface area (Å²) in [4.78, 5) is 12.3. The minimum absolute atomic E-state index is 0.0122. The Kier molecular flexibility index (Phi) is 4.23. The molecule has 0 aliphatic rings. The lowest BCUT2D eigenvalue weighted by molar-refractivity contribution is -0.117. The first-order valence-corrected chi connectivity index (χ1v) is 6.94. The van der Waals surface area contributed by atoms with Crippen LogP contribution in [0.1, 0.15) is 42.3 Å². The van der Waals surface area contributed by atoms with Crippen molar-refractivity contribution in [1.82, 2.24) is 10.2 Å². The van der Waals surface area contributed by atoms with E-state index in [2.05, 4.69) is 22.4 Å². The van der Waals surface area contributed by atoms with Gasteiger partial charge in [0.1, 0.15) is 0 Å². The Balaban J connectivity index is 2.11. The summed E-state index contributed by atoms with van der Waals surface area (Å²) < 4.78 is 0. The number of aromatic nitrogens is 2. The van der Waals surface area contributed by atoms with Crippen LogP contribution in [-0.4, -0.2) is 16.1 Å². The Morgan fingerprint density at radius 1 is 1.30 bits per heavy atom. The molecule has 0 saturated heterocycles. The van der Waals surface area contributed by atoms with Gasteiger partial charge in [0.15, 0.2) is 0 Å². The van der Waals surface area contributed by atoms with E-state index in [1.807, 2.05) is 45.0 Å². The van der Waals surface area contributed by atoms with Crippen LogP contribution >= 0.6 is 0 Å². The van der Waals surface area contributed by atoms with E-state index < -0.39 is 0 Å². The van der Waals surface area contributed by atoms with Crippen LogP contribution in [0.5, 0.6) is 0 Å². The van der Waals surface area contributed by atoms with Gasteiger partial charge in [0, 0.05) is 16.9 Å². The van der Waals surface area contributed by atoms with E-state index in [1.165, 1.54) is 5.56 Å². The van der Waals surface area contributed by atoms with Crippen molar-refractivity contribution in [1.29, 1.82) is 0 Å². The number of nitrogens with zero attached hydrogens (tertiary/aromatic N) is 1. The molecule has 2 rings (SSSR count). The number of rotatable bonds is 4. The lowest BCUT2D eigenvalue weighted by Crippen LogP contribution is -2.19. The van der Waals surface area contributed by atoms with Crippen LogP contribution in [0.4, 0.5) is 5.69 Å². The molecule has 0 aliphatic carbocycles. The second-order valence-corrected chi connectivity index (χ2v) is 5.11. The van der Waals surface area contributed by atoms with Gasteiger partial charge < -0.3 is 5.32 Å². The zero-order chi connectivity index (χ0) is 14.7. The number of hydrogen-bond acceptors (Lipinski definition) is 2. The van der Waals surface area contributed by atoms with Gasteiger partial charge >= 0.3 is 0 Å². The van der Waals surface area contributed by atoms with Crippen LogP contribution in [-0.2, 0) is 11.2 Å². The molecule has 2 N–H and O–H groups in total. The lowest BCUT2D eigenvalue weighted by atomic mass is 9.98. The van der Waals surface area contributed by atoms with Crippen LogP contribution < -0.4 is 5.32 Å². The summed E-state index contributed by atoms with van der Waals surface area (Å²) in [6.07, 6.45) is 0.998. The van der Waals surface area contributed by atoms with Crippen molar-refractivity contribution in [2.24, 2.45) is 0 Å². The molecule has 1 aromatic heterocycles. The molecule has 0 aliphatic heterocycles. The number of benzene rings is 1. The van der Waals surface area contributed by atoms with Crippen LogP contribution in [0.15, 0.2) is 24.3 Å². The Morgan fingerprint density at radius 2 is 1.95 bits per heavy atom. The summed E-state index contributed by atoms with van der Waals surface area (Å²) >= 11 is 0. The molecule has 4 nitrogen and oxygen atoms in total. The number of nitrogens with one attached hydrogen (secondary N) is 2. The van der Waals surface area contributed by atoms with Gasteiger partial charge in [-0.3, -0.25) is 9.89 Å². The highest BCUT2D eigenvalue weighted by Crippen LogP contribution is 2.23. The van der Waals surface area contributed by atoms with Gasteiger partial charge in [0.05, 0.1) is 11.6 Å². The molecule has 0 saturated carbocycles. The number of anilines is 1. The summed E-state index contributed by atoms with van der Waals surface area (Å²) in [5.74, 6) is -0.235. The van der Waals surface area contributed by atoms with E-state index in [9.17, 15) is 4.79 Å². The van der Waals surface area contributed by atoms with Crippen LogP contribution in [0.3, 0.4) is 0 Å². The van der Waals surface area contributed by atoms with Gasteiger partial charge in [0.25, 0.3) is 0 Å². The first-order chi connectivity index (χ1) is 9.52. The van der Waals surface area contributed by atoms with E-state index in [4.69, 9.17) is 0 Å². The third-order valence-corrected chi connectivity index (χ3v) is 3.64. The molecule has 1 amide bonds. The molecule has 2 aromatic rings. The molecule has 0 unspecified atom stereocenters. The molecule has 106 valence electrons. The summed E-state index contributed by atoms with van der Waals surface area (Å²) in [6.45, 7) is 7.87. The molecule has 20 heavy (non-hydrogen) atoms. The Labute approximate surface area is 119 Å². The number of aryl methyl sites for hydroxylation is 3. The Bertz CT molecular complexity index is 579. The van der Waals surface area contributed by atoms with Crippen molar-refractivity contribution in [2.45, 2.75) is 40.0 Å². The maximum absolute atomic E-state index is 12.3. The summed E-state index contributed by atoms with van der Waals surface area (Å²) in [7, 11) is 0. The molecule has 1 atom stereocenters. The van der Waals surface area contributed by atoms with Gasteiger partial charge in [0.2, 0.25) is 5.91 Å². The summed E-state index contributed by atoms with van der Waals surface area (Å²) in [5, 5.41) is 10.0. The third kappa shape index (κ3) is 2.90. The predicted molar refractivity (Wildman–Crippen MR) is 80.9 cm³/mol. The molecule has 0 radical (unpaired) electrons. The second kappa shape index (κ2) is 5.90. The fraction of sp³-hybridized carbons (Fsp3) is 0.375. The topological polar surface area (TPSA) is 57.8 Å². The van der Waals surface area contributed by atoms with Gasteiger partial charge in [-0.05, 0) is 44.9 Å². The molecular weight excluding hydrogens is 250 g/mol. The van der Waals surface area contributed by atoms with Gasteiger partial charge in [-0.25, -0.2) is 0 Å². The third-order valence-electron chi connectivity index (χ3n) is 3.64. The molecule has 1 heterocycles. The second-order valence-electron chi connectivity index (χ2n) is 5.11. The van der Waals surface area contributed by atoms with Gasteiger partial charge in [-0.15, -0.1) is 0 Å². The van der Waals surface area contributed by atoms with Crippen LogP contribution in [0.2, 0.25) is 0 Å². The van der Waals surface area contributed by atoms with Crippen molar-refractivity contribution >= 4 is 11.6 Å². The molecular formula is C16H21N3O. The van der Waals surface area contributed by atoms with Gasteiger partial charge in [-0.1, -0.05) is 19.1 Å². The predicted octanol–water partition coefficient (Wildman–Crippen LogP) is 3.33. The van der Waals surface area contributed by atoms with E-state index in [-0.39, 0.29) is 11.8 Å². The minimum atomic E-state index is -0.223. The Hall–Kier alpha value is -2.10.